The number of hydrogen-bond donors (Lipinski definition) is 15. The van der Waals surface area contributed by atoms with Crippen LogP contribution >= 0.6 is 11.8 Å². The number of aliphatic hydroxyl groups is 2. The molecular weight excluding hydrogens is 1330 g/mol. The van der Waals surface area contributed by atoms with Crippen molar-refractivity contribution in [3.63, 3.8) is 0 Å². The minimum Gasteiger partial charge on any atom is -0.394 e. The highest BCUT2D eigenvalue weighted by atomic mass is 32.2. The van der Waals surface area contributed by atoms with Gasteiger partial charge in [-0.2, -0.15) is 11.8 Å². The summed E-state index contributed by atoms with van der Waals surface area (Å²) in [6, 6.07) is -19.6. The van der Waals surface area contributed by atoms with E-state index in [9.17, 15) is 48.6 Å². The van der Waals surface area contributed by atoms with Gasteiger partial charge in [-0.25, -0.2) is 8.78 Å². The molecule has 4 heterocycles. The lowest BCUT2D eigenvalue weighted by Crippen LogP contribution is -2.65. The standard InChI is InChI=1S/C65H109F2N17O15S/c1-14-32(4)43(77-49(88)35(7)71-13)55(94)76-39-29-100-63(11,12)46(57(96)79-45(34(6)16-3)59(98)82-24-18-21-40(82)48(68)87)80-56(95)44(33(5)15-2)78-54(93)42-26-64(30-65(64,66)67)31-84(42)58(97)41-22-19-25-83(41)60(99)47(62(8,9)10)81-52(91)38(28-86)74-50(89)36(20-17-23-72-61(69)70)73-51(90)37(27-85)75-53(39)92/h32-47,71,85-86H,14-31H2,1-13H3,(H2,68,87)(H,73,90)(H,74,89)(H,75,92)(H,76,94)(H,77,88)(H,78,93)(H,79,96)(H,80,95)(H,81,91)(H4,69,70,72)/t32-,33-,34-,35-,36-,37-,38-,39-,40-,41-,42-,43-,44-,45-,46+,47+,64-/m0/s1. The zero-order valence-corrected chi connectivity index (χ0v) is 60.7. The molecule has 100 heavy (non-hydrogen) atoms. The van der Waals surface area contributed by atoms with Crippen LogP contribution in [0.15, 0.2) is 4.99 Å². The van der Waals surface area contributed by atoms with Crippen molar-refractivity contribution in [3.05, 3.63) is 0 Å². The molecule has 5 aliphatic rings. The van der Waals surface area contributed by atoms with Gasteiger partial charge in [-0.1, -0.05) is 81.6 Å². The van der Waals surface area contributed by atoms with Crippen LogP contribution in [-0.2, 0) is 62.3 Å². The average molecular weight is 1440 g/mol. The molecule has 32 nitrogen and oxygen atoms in total. The van der Waals surface area contributed by atoms with E-state index in [2.05, 4.69) is 58.2 Å². The van der Waals surface area contributed by atoms with E-state index < -0.39 is 233 Å². The third-order valence-corrected chi connectivity index (χ3v) is 21.7. The summed E-state index contributed by atoms with van der Waals surface area (Å²) in [4.78, 5) is 197. The second kappa shape index (κ2) is 35.4. The van der Waals surface area contributed by atoms with Gasteiger partial charge in [0, 0.05) is 43.1 Å². The number of aliphatic imine (C=N–C) groups is 1. The van der Waals surface area contributed by atoms with Crippen LogP contribution < -0.4 is 70.4 Å². The van der Waals surface area contributed by atoms with Crippen LogP contribution in [-0.4, -0.2) is 249 Å². The highest BCUT2D eigenvalue weighted by Gasteiger charge is 2.75. The Morgan fingerprint density at radius 1 is 0.700 bits per heavy atom. The molecule has 5 fully saturated rings. The maximum Gasteiger partial charge on any atom is 0.256 e. The predicted molar refractivity (Wildman–Crippen MR) is 365 cm³/mol. The Kier molecular flexibility index (Phi) is 29.4. The molecule has 0 radical (unpaired) electrons. The molecule has 35 heteroatoms. The Balaban J connectivity index is 1.73. The topological polar surface area (TPSA) is 483 Å². The van der Waals surface area contributed by atoms with Crippen molar-refractivity contribution in [1.82, 2.24) is 67.9 Å². The molecule has 17 atom stereocenters. The monoisotopic (exact) mass is 1440 g/mol. The van der Waals surface area contributed by atoms with Gasteiger partial charge >= 0.3 is 0 Å². The SMILES string of the molecule is CC[C@H](C)[C@H](NC(=O)[C@H](C)NC)C(=O)N[C@H]1CSC(C)(C)[C@@H](C(=O)N[C@H](C(=O)N2CCC[C@H]2C(N)=O)[C@@H](C)CC)NC(=O)[C@H]([C@@H](C)CC)NC(=O)[C@@H]2C[C@@]3(CN2C(=O)[C@@H]2CCCN2C(=O)[C@H](C(C)(C)C)NC(=O)[C@H](CO)NC(=O)[C@H](CCCN=C(N)N)NC(=O)[C@H](CO)NC1=O)CC3(F)F. The normalized spacial score (nSPS) is 29.2. The summed E-state index contributed by atoms with van der Waals surface area (Å²) in [5.41, 5.74) is 13.8. The van der Waals surface area contributed by atoms with E-state index in [4.69, 9.17) is 17.2 Å². The van der Waals surface area contributed by atoms with Gasteiger partial charge in [0.15, 0.2) is 5.96 Å². The Hall–Kier alpha value is -7.53. The first kappa shape index (κ1) is 83.1. The van der Waals surface area contributed by atoms with E-state index in [1.54, 1.807) is 69.2 Å². The van der Waals surface area contributed by atoms with Gasteiger partial charge in [-0.3, -0.25) is 67.3 Å². The first-order valence-corrected chi connectivity index (χ1v) is 35.6. The fraction of sp³-hybridized carbons (Fsp3) is 0.785. The Morgan fingerprint density at radius 2 is 1.27 bits per heavy atom. The minimum atomic E-state index is -3.33. The van der Waals surface area contributed by atoms with E-state index in [1.807, 2.05) is 0 Å². The number of likely N-dealkylation sites (N-methyl/N-ethyl adjacent to an activating group) is 1. The average Bonchev–Trinajstić information content (AvgIpc) is 1.53. The van der Waals surface area contributed by atoms with Gasteiger partial charge in [-0.05, 0) is 95.9 Å². The summed E-state index contributed by atoms with van der Waals surface area (Å²) < 4.78 is 29.7. The number of aliphatic hydroxyl groups excluding tert-OH is 2. The van der Waals surface area contributed by atoms with Crippen LogP contribution in [0.3, 0.4) is 0 Å². The fourth-order valence-corrected chi connectivity index (χ4v) is 14.0. The van der Waals surface area contributed by atoms with Gasteiger partial charge in [0.05, 0.1) is 24.7 Å². The van der Waals surface area contributed by atoms with Gasteiger partial charge in [0.1, 0.15) is 72.5 Å². The molecule has 0 aromatic rings. The van der Waals surface area contributed by atoms with Crippen LogP contribution in [0.25, 0.3) is 0 Å². The van der Waals surface area contributed by atoms with E-state index in [-0.39, 0.29) is 64.1 Å². The van der Waals surface area contributed by atoms with Gasteiger partial charge in [0.25, 0.3) is 5.92 Å². The molecule has 18 N–H and O–H groups in total. The molecule has 4 aliphatic heterocycles. The van der Waals surface area contributed by atoms with Crippen molar-refractivity contribution in [2.45, 2.75) is 243 Å². The number of likely N-dealkylation sites (tertiary alicyclic amines) is 1. The van der Waals surface area contributed by atoms with Crippen LogP contribution in [0.1, 0.15) is 154 Å². The molecule has 564 valence electrons. The number of nitrogens with one attached hydrogen (secondary N) is 10. The number of rotatable bonds is 21. The summed E-state index contributed by atoms with van der Waals surface area (Å²) in [7, 11) is 1.52. The second-order valence-corrected chi connectivity index (χ2v) is 30.7. The lowest BCUT2D eigenvalue weighted by atomic mass is 9.85. The van der Waals surface area contributed by atoms with Crippen molar-refractivity contribution >= 4 is 94.5 Å². The number of primary amides is 1. The number of hydrogen-bond acceptors (Lipinski definition) is 18. The number of amides is 13. The lowest BCUT2D eigenvalue weighted by molar-refractivity contribution is -0.149. The molecule has 0 unspecified atom stereocenters. The van der Waals surface area contributed by atoms with Gasteiger partial charge in [0.2, 0.25) is 76.8 Å². The summed E-state index contributed by atoms with van der Waals surface area (Å²) >= 11 is 0.801. The number of carbonyl (C=O) groups is 13. The number of thioether (sulfide) groups is 1. The van der Waals surface area contributed by atoms with E-state index >= 15 is 32.8 Å². The molecular formula is C65H109F2N17O15S. The Morgan fingerprint density at radius 3 is 1.82 bits per heavy atom. The third-order valence-electron chi connectivity index (χ3n) is 20.2. The number of nitrogens with zero attached hydrogens (tertiary/aromatic N) is 4. The summed E-state index contributed by atoms with van der Waals surface area (Å²) in [6.07, 6.45) is 0.130. The zero-order valence-electron chi connectivity index (χ0n) is 59.9. The number of carbonyl (C=O) groups excluding carboxylic acids is 13. The smallest absolute Gasteiger partial charge is 0.256 e. The lowest BCUT2D eigenvalue weighted by Gasteiger charge is -2.38. The van der Waals surface area contributed by atoms with Crippen LogP contribution in [0.4, 0.5) is 8.78 Å². The number of alkyl halides is 2. The van der Waals surface area contributed by atoms with E-state index in [1.165, 1.54) is 30.7 Å². The van der Waals surface area contributed by atoms with Crippen molar-refractivity contribution in [2.75, 3.05) is 52.2 Å². The number of nitrogens with two attached hydrogens (primary N) is 3. The van der Waals surface area contributed by atoms with Crippen LogP contribution in [0, 0.1) is 28.6 Å². The largest absolute Gasteiger partial charge is 0.394 e. The highest BCUT2D eigenvalue weighted by Crippen LogP contribution is 2.66. The van der Waals surface area contributed by atoms with Crippen molar-refractivity contribution in [2.24, 2.45) is 50.8 Å². The fourth-order valence-electron chi connectivity index (χ4n) is 12.8. The predicted octanol–water partition coefficient (Wildman–Crippen LogP) is -3.20. The molecule has 4 saturated heterocycles. The van der Waals surface area contributed by atoms with Gasteiger partial charge in [-0.15, -0.1) is 0 Å². The number of guanidine groups is 1. The highest BCUT2D eigenvalue weighted by molar-refractivity contribution is 8.00. The summed E-state index contributed by atoms with van der Waals surface area (Å²) in [5.74, 6) is -18.4. The van der Waals surface area contributed by atoms with Crippen molar-refractivity contribution in [1.29, 1.82) is 0 Å². The summed E-state index contributed by atoms with van der Waals surface area (Å²) in [5, 5.41) is 47.9. The molecule has 5 rings (SSSR count). The maximum atomic E-state index is 15.7. The Bertz CT molecular complexity index is 3050. The number of halogens is 2. The minimum absolute atomic E-state index is 0.00133. The molecule has 0 aromatic heterocycles. The third kappa shape index (κ3) is 20.4. The molecule has 0 aromatic carbocycles. The molecule has 1 saturated carbocycles. The van der Waals surface area contributed by atoms with Crippen molar-refractivity contribution in [3.8, 4) is 0 Å². The van der Waals surface area contributed by atoms with Crippen LogP contribution in [0.2, 0.25) is 0 Å². The van der Waals surface area contributed by atoms with Crippen molar-refractivity contribution < 1.29 is 81.3 Å². The zero-order chi connectivity index (χ0) is 75.3. The quantitative estimate of drug-likeness (QED) is 0.0306. The first-order valence-electron chi connectivity index (χ1n) is 34.6. The Labute approximate surface area is 587 Å². The van der Waals surface area contributed by atoms with E-state index in [0.717, 1.165) is 16.7 Å². The van der Waals surface area contributed by atoms with E-state index in [0.29, 0.717) is 19.3 Å². The molecule has 1 spiro atoms. The molecule has 13 amide bonds. The molecule has 0 bridgehead atoms. The maximum absolute atomic E-state index is 15.7. The first-order chi connectivity index (χ1) is 46.7. The number of fused-ring (bicyclic) bond motifs is 2. The second-order valence-electron chi connectivity index (χ2n) is 29.0. The van der Waals surface area contributed by atoms with Crippen LogP contribution in [0.5, 0.6) is 0 Å². The van der Waals surface area contributed by atoms with Gasteiger partial charge < -0.3 is 95.3 Å². The summed E-state index contributed by atoms with van der Waals surface area (Å²) in [6.45, 7) is 16.5. The molecule has 1 aliphatic carbocycles.